The third-order valence-electron chi connectivity index (χ3n) is 2.11. The Labute approximate surface area is 101 Å². The molecule has 98 valence electrons. The predicted octanol–water partition coefficient (Wildman–Crippen LogP) is -0.973. The zero-order chi connectivity index (χ0) is 12.7. The number of hydrogen-bond donors (Lipinski definition) is 2. The Morgan fingerprint density at radius 3 is 2.88 bits per heavy atom. The largest absolute Gasteiger partial charge is 0.383 e. The summed E-state index contributed by atoms with van der Waals surface area (Å²) < 4.78 is 32.3. The minimum Gasteiger partial charge on any atom is -0.383 e. The lowest BCUT2D eigenvalue weighted by molar-refractivity contribution is 0.204. The molecule has 1 rings (SSSR count). The van der Waals surface area contributed by atoms with Gasteiger partial charge in [0.05, 0.1) is 19.3 Å². The molecule has 0 radical (unpaired) electrons. The molecule has 0 atom stereocenters. The predicted molar refractivity (Wildman–Crippen MR) is 63.2 cm³/mol. The topological polar surface area (TPSA) is 85.2 Å². The standard InChI is InChI=1S/C9H18N4O3S/c1-10-3-5-13-8-9(7-11-13)17(14,15)12-4-6-16-2/h7-8,10,12H,3-6H2,1-2H3. The van der Waals surface area contributed by atoms with E-state index in [9.17, 15) is 8.42 Å². The summed E-state index contributed by atoms with van der Waals surface area (Å²) >= 11 is 0. The van der Waals surface area contributed by atoms with Crippen molar-refractivity contribution < 1.29 is 13.2 Å². The van der Waals surface area contributed by atoms with Gasteiger partial charge < -0.3 is 10.1 Å². The highest BCUT2D eigenvalue weighted by Gasteiger charge is 2.15. The van der Waals surface area contributed by atoms with Gasteiger partial charge in [-0.25, -0.2) is 13.1 Å². The van der Waals surface area contributed by atoms with E-state index in [4.69, 9.17) is 4.74 Å². The van der Waals surface area contributed by atoms with Gasteiger partial charge in [-0.05, 0) is 7.05 Å². The van der Waals surface area contributed by atoms with Crippen LogP contribution >= 0.6 is 0 Å². The molecular weight excluding hydrogens is 244 g/mol. The maximum atomic E-state index is 11.8. The number of ether oxygens (including phenoxy) is 1. The molecule has 7 nitrogen and oxygen atoms in total. The van der Waals surface area contributed by atoms with Gasteiger partial charge >= 0.3 is 0 Å². The summed E-state index contributed by atoms with van der Waals surface area (Å²) in [6.07, 6.45) is 2.84. The first kappa shape index (κ1) is 14.1. The Morgan fingerprint density at radius 2 is 2.24 bits per heavy atom. The lowest BCUT2D eigenvalue weighted by Gasteiger charge is -2.03. The molecule has 0 saturated heterocycles. The highest BCUT2D eigenvalue weighted by molar-refractivity contribution is 7.89. The van der Waals surface area contributed by atoms with Crippen LogP contribution in [0.3, 0.4) is 0 Å². The van der Waals surface area contributed by atoms with E-state index in [1.54, 1.807) is 4.68 Å². The average Bonchev–Trinajstić information content (AvgIpc) is 2.76. The number of rotatable bonds is 8. The fraction of sp³-hybridized carbons (Fsp3) is 0.667. The molecule has 2 N–H and O–H groups in total. The van der Waals surface area contributed by atoms with Gasteiger partial charge in [0, 0.05) is 26.4 Å². The van der Waals surface area contributed by atoms with E-state index in [0.29, 0.717) is 13.2 Å². The van der Waals surface area contributed by atoms with E-state index in [1.807, 2.05) is 7.05 Å². The van der Waals surface area contributed by atoms with E-state index in [2.05, 4.69) is 15.1 Å². The van der Waals surface area contributed by atoms with Crippen LogP contribution in [0.2, 0.25) is 0 Å². The van der Waals surface area contributed by atoms with Crippen LogP contribution in [0.1, 0.15) is 0 Å². The van der Waals surface area contributed by atoms with Crippen LogP contribution < -0.4 is 10.0 Å². The van der Waals surface area contributed by atoms with Crippen molar-refractivity contribution in [1.29, 1.82) is 0 Å². The Morgan fingerprint density at radius 1 is 1.47 bits per heavy atom. The van der Waals surface area contributed by atoms with Crippen LogP contribution in [0.5, 0.6) is 0 Å². The summed E-state index contributed by atoms with van der Waals surface area (Å²) in [5.41, 5.74) is 0. The van der Waals surface area contributed by atoms with Crippen molar-refractivity contribution in [2.45, 2.75) is 11.4 Å². The molecule has 0 fully saturated rings. The zero-order valence-corrected chi connectivity index (χ0v) is 10.8. The monoisotopic (exact) mass is 262 g/mol. The fourth-order valence-electron chi connectivity index (χ4n) is 1.19. The summed E-state index contributed by atoms with van der Waals surface area (Å²) in [5, 5.41) is 6.94. The van der Waals surface area contributed by atoms with Crippen molar-refractivity contribution in [3.05, 3.63) is 12.4 Å². The third kappa shape index (κ3) is 4.43. The van der Waals surface area contributed by atoms with Crippen molar-refractivity contribution >= 4 is 10.0 Å². The maximum Gasteiger partial charge on any atom is 0.243 e. The molecule has 1 heterocycles. The lowest BCUT2D eigenvalue weighted by atomic mass is 10.6. The molecule has 0 bridgehead atoms. The molecule has 0 aliphatic rings. The molecule has 1 aromatic rings. The number of sulfonamides is 1. The third-order valence-corrected chi connectivity index (χ3v) is 3.52. The number of methoxy groups -OCH3 is 1. The second-order valence-electron chi connectivity index (χ2n) is 3.43. The SMILES string of the molecule is CNCCn1cc(S(=O)(=O)NCCOC)cn1. The molecule has 0 spiro atoms. The number of hydrogen-bond acceptors (Lipinski definition) is 5. The van der Waals surface area contributed by atoms with Gasteiger partial charge in [0.15, 0.2) is 0 Å². The molecule has 1 aromatic heterocycles. The van der Waals surface area contributed by atoms with Crippen LogP contribution in [0, 0.1) is 0 Å². The van der Waals surface area contributed by atoms with Gasteiger partial charge in [-0.1, -0.05) is 0 Å². The van der Waals surface area contributed by atoms with Crippen molar-refractivity contribution in [3.63, 3.8) is 0 Å². The summed E-state index contributed by atoms with van der Waals surface area (Å²) in [6.45, 7) is 1.95. The van der Waals surface area contributed by atoms with Crippen molar-refractivity contribution in [3.8, 4) is 0 Å². The lowest BCUT2D eigenvalue weighted by Crippen LogP contribution is -2.26. The van der Waals surface area contributed by atoms with Crippen molar-refractivity contribution in [1.82, 2.24) is 19.8 Å². The molecule has 0 unspecified atom stereocenters. The first-order valence-electron chi connectivity index (χ1n) is 5.26. The second-order valence-corrected chi connectivity index (χ2v) is 5.20. The summed E-state index contributed by atoms with van der Waals surface area (Å²) in [7, 11) is -0.126. The van der Waals surface area contributed by atoms with Crippen LogP contribution in [0.4, 0.5) is 0 Å². The van der Waals surface area contributed by atoms with Crippen molar-refractivity contribution in [2.24, 2.45) is 0 Å². The average molecular weight is 262 g/mol. The smallest absolute Gasteiger partial charge is 0.243 e. The first-order valence-corrected chi connectivity index (χ1v) is 6.74. The molecule has 0 aliphatic heterocycles. The summed E-state index contributed by atoms with van der Waals surface area (Å²) in [5.74, 6) is 0. The minimum absolute atomic E-state index is 0.171. The molecule has 0 aliphatic carbocycles. The van der Waals surface area contributed by atoms with Gasteiger partial charge in [0.2, 0.25) is 10.0 Å². The van der Waals surface area contributed by atoms with E-state index in [0.717, 1.165) is 6.54 Å². The number of nitrogens with zero attached hydrogens (tertiary/aromatic N) is 2. The van der Waals surface area contributed by atoms with Crippen LogP contribution in [0.25, 0.3) is 0 Å². The zero-order valence-electron chi connectivity index (χ0n) is 10.0. The first-order chi connectivity index (χ1) is 8.10. The van der Waals surface area contributed by atoms with Crippen LogP contribution in [-0.2, 0) is 21.3 Å². The second kappa shape index (κ2) is 6.70. The minimum atomic E-state index is -3.47. The molecule has 0 aromatic carbocycles. The van der Waals surface area contributed by atoms with E-state index in [1.165, 1.54) is 19.5 Å². The van der Waals surface area contributed by atoms with Gasteiger partial charge in [-0.15, -0.1) is 0 Å². The molecule has 17 heavy (non-hydrogen) atoms. The molecule has 0 amide bonds. The van der Waals surface area contributed by atoms with Gasteiger partial charge in [0.25, 0.3) is 0 Å². The Kier molecular flexibility index (Phi) is 5.56. The van der Waals surface area contributed by atoms with Crippen molar-refractivity contribution in [2.75, 3.05) is 33.9 Å². The van der Waals surface area contributed by atoms with Gasteiger partial charge in [-0.2, -0.15) is 5.10 Å². The number of aromatic nitrogens is 2. The van der Waals surface area contributed by atoms with Gasteiger partial charge in [0.1, 0.15) is 4.90 Å². The molecule has 8 heteroatoms. The van der Waals surface area contributed by atoms with E-state index in [-0.39, 0.29) is 11.4 Å². The Bertz CT molecular complexity index is 429. The summed E-state index contributed by atoms with van der Waals surface area (Å²) in [6, 6.07) is 0. The Hall–Kier alpha value is -0.960. The molecule has 0 saturated carbocycles. The van der Waals surface area contributed by atoms with E-state index >= 15 is 0 Å². The molecular formula is C9H18N4O3S. The van der Waals surface area contributed by atoms with E-state index < -0.39 is 10.0 Å². The fourth-order valence-corrected chi connectivity index (χ4v) is 2.16. The van der Waals surface area contributed by atoms with Gasteiger partial charge in [-0.3, -0.25) is 4.68 Å². The summed E-state index contributed by atoms with van der Waals surface area (Å²) in [4.78, 5) is 0.171. The highest BCUT2D eigenvalue weighted by Crippen LogP contribution is 2.06. The highest BCUT2D eigenvalue weighted by atomic mass is 32.2. The maximum absolute atomic E-state index is 11.8. The normalized spacial score (nSPS) is 11.9. The van der Waals surface area contributed by atoms with Crippen LogP contribution in [-0.4, -0.2) is 52.1 Å². The Balaban J connectivity index is 2.61. The number of nitrogens with one attached hydrogen (secondary N) is 2. The number of likely N-dealkylation sites (N-methyl/N-ethyl adjacent to an activating group) is 1. The quantitative estimate of drug-likeness (QED) is 0.589. The van der Waals surface area contributed by atoms with Crippen LogP contribution in [0.15, 0.2) is 17.3 Å².